The Morgan fingerprint density at radius 2 is 1.76 bits per heavy atom. The van der Waals surface area contributed by atoms with Gasteiger partial charge >= 0.3 is 0 Å². The maximum absolute atomic E-state index is 14.0. The molecule has 3 amide bonds. The number of amides is 3. The van der Waals surface area contributed by atoms with Gasteiger partial charge in [-0.25, -0.2) is 4.39 Å². The summed E-state index contributed by atoms with van der Waals surface area (Å²) in [5, 5.41) is 5.68. The molecule has 2 aromatic rings. The first-order valence-corrected chi connectivity index (χ1v) is 11.1. The van der Waals surface area contributed by atoms with Crippen molar-refractivity contribution in [1.29, 1.82) is 0 Å². The first-order valence-electron chi connectivity index (χ1n) is 11.1. The van der Waals surface area contributed by atoms with Gasteiger partial charge in [-0.3, -0.25) is 14.4 Å². The number of piperidine rings is 1. The van der Waals surface area contributed by atoms with Crippen LogP contribution in [0.2, 0.25) is 0 Å². The molecular weight excluding hydrogens is 425 g/mol. The van der Waals surface area contributed by atoms with Gasteiger partial charge in [0.15, 0.2) is 0 Å². The van der Waals surface area contributed by atoms with Crippen LogP contribution in [0.4, 0.5) is 4.39 Å². The summed E-state index contributed by atoms with van der Waals surface area (Å²) < 4.78 is 19.0. The molecule has 0 saturated carbocycles. The van der Waals surface area contributed by atoms with Crippen molar-refractivity contribution in [2.75, 3.05) is 33.4 Å². The van der Waals surface area contributed by atoms with Crippen LogP contribution in [0.3, 0.4) is 0 Å². The van der Waals surface area contributed by atoms with Crippen LogP contribution in [0, 0.1) is 18.7 Å². The van der Waals surface area contributed by atoms with Crippen LogP contribution < -0.4 is 10.6 Å². The summed E-state index contributed by atoms with van der Waals surface area (Å²) in [7, 11) is 1.55. The number of carbonyl (C=O) groups excluding carboxylic acids is 3. The maximum atomic E-state index is 14.0. The normalized spacial score (nSPS) is 15.1. The van der Waals surface area contributed by atoms with Crippen LogP contribution in [-0.4, -0.2) is 62.0 Å². The Morgan fingerprint density at radius 1 is 1.09 bits per heavy atom. The average Bonchev–Trinajstić information content (AvgIpc) is 2.83. The fourth-order valence-electron chi connectivity index (χ4n) is 3.95. The summed E-state index contributed by atoms with van der Waals surface area (Å²) in [6.45, 7) is 3.38. The lowest BCUT2D eigenvalue weighted by atomic mass is 9.88. The highest BCUT2D eigenvalue weighted by Crippen LogP contribution is 2.23. The zero-order valence-corrected chi connectivity index (χ0v) is 19.0. The highest BCUT2D eigenvalue weighted by molar-refractivity contribution is 5.98. The Hall–Kier alpha value is -3.26. The Labute approximate surface area is 193 Å². The number of rotatable bonds is 8. The van der Waals surface area contributed by atoms with Crippen LogP contribution in [0.5, 0.6) is 0 Å². The zero-order valence-electron chi connectivity index (χ0n) is 19.0. The number of nitrogens with zero attached hydrogens (tertiary/aromatic N) is 1. The van der Waals surface area contributed by atoms with Gasteiger partial charge in [-0.2, -0.15) is 0 Å². The summed E-state index contributed by atoms with van der Waals surface area (Å²) in [4.78, 5) is 40.0. The van der Waals surface area contributed by atoms with Crippen LogP contribution in [0.25, 0.3) is 0 Å². The third-order valence-electron chi connectivity index (χ3n) is 5.89. The Bertz CT molecular complexity index is 972. The van der Waals surface area contributed by atoms with Gasteiger partial charge in [-0.05, 0) is 49.9 Å². The van der Waals surface area contributed by atoms with E-state index in [9.17, 15) is 18.8 Å². The topological polar surface area (TPSA) is 87.7 Å². The van der Waals surface area contributed by atoms with E-state index < -0.39 is 11.9 Å². The fourth-order valence-corrected chi connectivity index (χ4v) is 3.95. The molecule has 0 spiro atoms. The first kappa shape index (κ1) is 24.4. The van der Waals surface area contributed by atoms with Crippen LogP contribution in [-0.2, 0) is 9.53 Å². The predicted molar refractivity (Wildman–Crippen MR) is 122 cm³/mol. The molecule has 1 fully saturated rings. The van der Waals surface area contributed by atoms with E-state index in [4.69, 9.17) is 4.74 Å². The number of benzene rings is 2. The van der Waals surface area contributed by atoms with E-state index in [1.807, 2.05) is 19.1 Å². The SMILES string of the molecule is COCCNC(=O)[C@H](NC(=O)c1ccc(C)cc1)C1CCN(C(=O)c2ccccc2F)CC1. The lowest BCUT2D eigenvalue weighted by molar-refractivity contribution is -0.124. The number of halogens is 1. The molecular formula is C25H30FN3O4. The number of ether oxygens (including phenoxy) is 1. The molecule has 0 radical (unpaired) electrons. The molecule has 0 aliphatic carbocycles. The fraction of sp³-hybridized carbons (Fsp3) is 0.400. The third kappa shape index (κ3) is 6.38. The van der Waals surface area contributed by atoms with Gasteiger partial charge in [0, 0.05) is 32.3 Å². The quantitative estimate of drug-likeness (QED) is 0.599. The second-order valence-electron chi connectivity index (χ2n) is 8.21. The molecule has 33 heavy (non-hydrogen) atoms. The molecule has 7 nitrogen and oxygen atoms in total. The second kappa shape index (κ2) is 11.6. The highest BCUT2D eigenvalue weighted by Gasteiger charge is 2.34. The molecule has 0 aromatic heterocycles. The number of methoxy groups -OCH3 is 1. The zero-order chi connectivity index (χ0) is 23.8. The van der Waals surface area contributed by atoms with Crippen molar-refractivity contribution in [2.24, 2.45) is 5.92 Å². The molecule has 1 saturated heterocycles. The van der Waals surface area contributed by atoms with Gasteiger partial charge in [0.1, 0.15) is 11.9 Å². The average molecular weight is 456 g/mol. The van der Waals surface area contributed by atoms with E-state index in [0.29, 0.717) is 44.6 Å². The van der Waals surface area contributed by atoms with Gasteiger partial charge in [0.05, 0.1) is 12.2 Å². The van der Waals surface area contributed by atoms with Gasteiger partial charge in [0.2, 0.25) is 5.91 Å². The largest absolute Gasteiger partial charge is 0.383 e. The lowest BCUT2D eigenvalue weighted by Crippen LogP contribution is -2.54. The Morgan fingerprint density at radius 3 is 2.39 bits per heavy atom. The van der Waals surface area contributed by atoms with Gasteiger partial charge in [-0.15, -0.1) is 0 Å². The van der Waals surface area contributed by atoms with Crippen LogP contribution in [0.15, 0.2) is 48.5 Å². The molecule has 1 aliphatic heterocycles. The molecule has 3 rings (SSSR count). The van der Waals surface area contributed by atoms with Crippen molar-refractivity contribution >= 4 is 17.7 Å². The molecule has 1 atom stereocenters. The molecule has 0 unspecified atom stereocenters. The molecule has 2 N–H and O–H groups in total. The van der Waals surface area contributed by atoms with E-state index in [-0.39, 0.29) is 29.2 Å². The second-order valence-corrected chi connectivity index (χ2v) is 8.21. The van der Waals surface area contributed by atoms with Crippen molar-refractivity contribution < 1.29 is 23.5 Å². The molecule has 8 heteroatoms. The predicted octanol–water partition coefficient (Wildman–Crippen LogP) is 2.55. The van der Waals surface area contributed by atoms with E-state index in [1.165, 1.54) is 12.1 Å². The third-order valence-corrected chi connectivity index (χ3v) is 5.89. The number of likely N-dealkylation sites (tertiary alicyclic amines) is 1. The maximum Gasteiger partial charge on any atom is 0.256 e. The van der Waals surface area contributed by atoms with Crippen molar-refractivity contribution in [1.82, 2.24) is 15.5 Å². The summed E-state index contributed by atoms with van der Waals surface area (Å²) >= 11 is 0. The Kier molecular flexibility index (Phi) is 8.54. The number of hydrogen-bond donors (Lipinski definition) is 2. The lowest BCUT2D eigenvalue weighted by Gasteiger charge is -2.36. The van der Waals surface area contributed by atoms with Crippen LogP contribution in [0.1, 0.15) is 39.1 Å². The summed E-state index contributed by atoms with van der Waals surface area (Å²) in [6.07, 6.45) is 1.02. The molecule has 1 aliphatic rings. The Balaban J connectivity index is 1.68. The van der Waals surface area contributed by atoms with E-state index in [0.717, 1.165) is 5.56 Å². The monoisotopic (exact) mass is 455 g/mol. The van der Waals surface area contributed by atoms with E-state index in [2.05, 4.69) is 10.6 Å². The van der Waals surface area contributed by atoms with Crippen molar-refractivity contribution in [2.45, 2.75) is 25.8 Å². The first-order chi connectivity index (χ1) is 15.9. The molecule has 0 bridgehead atoms. The highest BCUT2D eigenvalue weighted by atomic mass is 19.1. The van der Waals surface area contributed by atoms with Crippen molar-refractivity contribution in [3.63, 3.8) is 0 Å². The summed E-state index contributed by atoms with van der Waals surface area (Å²) in [5.41, 5.74) is 1.55. The number of carbonyl (C=O) groups is 3. The number of aryl methyl sites for hydroxylation is 1. The van der Waals surface area contributed by atoms with Gasteiger partial charge in [-0.1, -0.05) is 29.8 Å². The summed E-state index contributed by atoms with van der Waals surface area (Å²) in [5.74, 6) is -1.69. The molecule has 1 heterocycles. The molecule has 2 aromatic carbocycles. The van der Waals surface area contributed by atoms with Crippen molar-refractivity contribution in [3.05, 3.63) is 71.0 Å². The molecule has 176 valence electrons. The van der Waals surface area contributed by atoms with Crippen molar-refractivity contribution in [3.8, 4) is 0 Å². The minimum atomic E-state index is -0.749. The smallest absolute Gasteiger partial charge is 0.256 e. The van der Waals surface area contributed by atoms with Gasteiger partial charge < -0.3 is 20.3 Å². The number of nitrogens with one attached hydrogen (secondary N) is 2. The van der Waals surface area contributed by atoms with Crippen LogP contribution >= 0.6 is 0 Å². The minimum Gasteiger partial charge on any atom is -0.383 e. The standard InChI is InChI=1S/C25H30FN3O4/c1-17-7-9-19(10-8-17)23(30)28-22(24(31)27-13-16-33-2)18-11-14-29(15-12-18)25(32)20-5-3-4-6-21(20)26/h3-10,18,22H,11-16H2,1-2H3,(H,27,31)(H,28,30)/t22-/m1/s1. The minimum absolute atomic E-state index is 0.0393. The van der Waals surface area contributed by atoms with Gasteiger partial charge in [0.25, 0.3) is 11.8 Å². The summed E-state index contributed by atoms with van der Waals surface area (Å²) in [6, 6.07) is 12.3. The van der Waals surface area contributed by atoms with E-state index >= 15 is 0 Å². The number of hydrogen-bond acceptors (Lipinski definition) is 4. The van der Waals surface area contributed by atoms with E-state index in [1.54, 1.807) is 36.3 Å².